The molecule has 5 rings (SSSR count). The number of benzene rings is 1. The highest BCUT2D eigenvalue weighted by Crippen LogP contribution is 2.45. The predicted octanol–water partition coefficient (Wildman–Crippen LogP) is 1.47. The molecule has 4 aliphatic rings. The molecule has 0 spiro atoms. The van der Waals surface area contributed by atoms with E-state index in [9.17, 15) is 18.7 Å². The van der Waals surface area contributed by atoms with Crippen molar-refractivity contribution in [3.05, 3.63) is 23.8 Å². The number of fused-ring (bicyclic) bond motifs is 2. The second-order valence-corrected chi connectivity index (χ2v) is 8.98. The summed E-state index contributed by atoms with van der Waals surface area (Å²) < 4.78 is 36.0. The van der Waals surface area contributed by atoms with Gasteiger partial charge in [-0.05, 0) is 43.9 Å². The lowest BCUT2D eigenvalue weighted by Gasteiger charge is -2.44. The zero-order valence-corrected chi connectivity index (χ0v) is 17.0. The summed E-state index contributed by atoms with van der Waals surface area (Å²) in [5, 5.41) is 10.8. The van der Waals surface area contributed by atoms with E-state index in [0.717, 1.165) is 32.6 Å². The van der Waals surface area contributed by atoms with Crippen LogP contribution in [0.25, 0.3) is 0 Å². The normalized spacial score (nSPS) is 33.5. The number of aliphatic hydroxyl groups is 1. The maximum absolute atomic E-state index is 13.5. The van der Waals surface area contributed by atoms with Gasteiger partial charge in [0.05, 0.1) is 11.7 Å². The first-order chi connectivity index (χ1) is 14.3. The summed E-state index contributed by atoms with van der Waals surface area (Å²) in [6.45, 7) is 4.97. The summed E-state index contributed by atoms with van der Waals surface area (Å²) in [7, 11) is 2.11. The van der Waals surface area contributed by atoms with Crippen LogP contribution in [-0.2, 0) is 0 Å². The minimum absolute atomic E-state index is 0.0967. The van der Waals surface area contributed by atoms with Gasteiger partial charge >= 0.3 is 6.29 Å². The Balaban J connectivity index is 1.29. The number of alkyl halides is 2. The average Bonchev–Trinajstić information content (AvgIpc) is 3.25. The molecule has 3 aliphatic heterocycles. The van der Waals surface area contributed by atoms with Crippen molar-refractivity contribution in [1.82, 2.24) is 14.7 Å². The summed E-state index contributed by atoms with van der Waals surface area (Å²) in [5.41, 5.74) is 0.0967. The zero-order valence-electron chi connectivity index (χ0n) is 17.0. The smallest absolute Gasteiger partial charge is 0.395 e. The summed E-state index contributed by atoms with van der Waals surface area (Å²) in [5.74, 6) is -0.112. The van der Waals surface area contributed by atoms with E-state index in [-0.39, 0.29) is 34.9 Å². The lowest BCUT2D eigenvalue weighted by molar-refractivity contribution is -0.286. The van der Waals surface area contributed by atoms with Gasteiger partial charge in [0, 0.05) is 45.3 Å². The number of piperazine rings is 1. The molecule has 1 amide bonds. The van der Waals surface area contributed by atoms with Crippen LogP contribution in [0.15, 0.2) is 18.2 Å². The van der Waals surface area contributed by atoms with E-state index in [4.69, 9.17) is 0 Å². The number of hydrogen-bond donors (Lipinski definition) is 1. The van der Waals surface area contributed by atoms with Crippen molar-refractivity contribution in [2.45, 2.75) is 31.3 Å². The molecule has 164 valence electrons. The number of likely N-dealkylation sites (N-methyl/N-ethyl adjacent to an activating group) is 1. The number of para-hydroxylation sites is 1. The minimum Gasteiger partial charge on any atom is -0.395 e. The molecular formula is C21H27F2N3O4. The summed E-state index contributed by atoms with van der Waals surface area (Å²) in [6, 6.07) is 4.50. The molecule has 0 bridgehead atoms. The Morgan fingerprint density at radius 2 is 1.80 bits per heavy atom. The molecule has 1 saturated carbocycles. The molecular weight excluding hydrogens is 396 g/mol. The number of rotatable bonds is 2. The van der Waals surface area contributed by atoms with Gasteiger partial charge in [0.2, 0.25) is 0 Å². The molecule has 1 aromatic carbocycles. The van der Waals surface area contributed by atoms with E-state index in [1.54, 1.807) is 4.90 Å². The lowest BCUT2D eigenvalue weighted by atomic mass is 9.77. The van der Waals surface area contributed by atoms with Gasteiger partial charge in [0.15, 0.2) is 11.5 Å². The predicted molar refractivity (Wildman–Crippen MR) is 104 cm³/mol. The van der Waals surface area contributed by atoms with Gasteiger partial charge in [0.1, 0.15) is 0 Å². The van der Waals surface area contributed by atoms with E-state index in [1.165, 1.54) is 18.2 Å². The first-order valence-electron chi connectivity index (χ1n) is 10.6. The van der Waals surface area contributed by atoms with Gasteiger partial charge in [-0.1, -0.05) is 6.07 Å². The van der Waals surface area contributed by atoms with Crippen LogP contribution in [0.3, 0.4) is 0 Å². The molecule has 0 unspecified atom stereocenters. The fraction of sp³-hybridized carbons (Fsp3) is 0.667. The topological polar surface area (TPSA) is 65.5 Å². The third-order valence-electron chi connectivity index (χ3n) is 7.06. The largest absolute Gasteiger partial charge is 0.586 e. The maximum Gasteiger partial charge on any atom is 0.586 e. The number of amides is 1. The number of nitrogens with zero attached hydrogens (tertiary/aromatic N) is 3. The van der Waals surface area contributed by atoms with E-state index < -0.39 is 12.4 Å². The number of likely N-dealkylation sites (tertiary alicyclic amines) is 1. The van der Waals surface area contributed by atoms with E-state index in [1.807, 2.05) is 0 Å². The lowest BCUT2D eigenvalue weighted by Crippen LogP contribution is -2.55. The Morgan fingerprint density at radius 1 is 1.10 bits per heavy atom. The van der Waals surface area contributed by atoms with Gasteiger partial charge < -0.3 is 24.4 Å². The van der Waals surface area contributed by atoms with Crippen molar-refractivity contribution < 1.29 is 28.2 Å². The molecule has 9 heteroatoms. The fourth-order valence-corrected chi connectivity index (χ4v) is 5.43. The van der Waals surface area contributed by atoms with Crippen molar-refractivity contribution >= 4 is 5.91 Å². The van der Waals surface area contributed by atoms with E-state index >= 15 is 0 Å². The molecule has 1 N–H and O–H groups in total. The SMILES string of the molecule is CN1CCN([C@@H]2C[C@@H]3CN(C(=O)c4cccc5c4OC(F)(F)O5)C[C@@H]3C[C@H]2O)CC1. The van der Waals surface area contributed by atoms with Crippen molar-refractivity contribution in [1.29, 1.82) is 0 Å². The van der Waals surface area contributed by atoms with Crippen molar-refractivity contribution in [2.75, 3.05) is 46.3 Å². The first kappa shape index (κ1) is 20.0. The Bertz CT molecular complexity index is 830. The van der Waals surface area contributed by atoms with Gasteiger partial charge in [0.25, 0.3) is 5.91 Å². The molecule has 0 radical (unpaired) electrons. The van der Waals surface area contributed by atoms with Crippen molar-refractivity contribution in [3.8, 4) is 11.5 Å². The number of hydrogen-bond acceptors (Lipinski definition) is 6. The number of carbonyl (C=O) groups excluding carboxylic acids is 1. The highest BCUT2D eigenvalue weighted by molar-refractivity contribution is 5.98. The third-order valence-corrected chi connectivity index (χ3v) is 7.06. The van der Waals surface area contributed by atoms with Crippen LogP contribution in [0.2, 0.25) is 0 Å². The van der Waals surface area contributed by atoms with E-state index in [0.29, 0.717) is 25.4 Å². The Kier molecular flexibility index (Phi) is 4.87. The molecule has 3 fully saturated rings. The highest BCUT2D eigenvalue weighted by atomic mass is 19.3. The molecule has 1 aliphatic carbocycles. The van der Waals surface area contributed by atoms with Crippen LogP contribution in [0.1, 0.15) is 23.2 Å². The number of ether oxygens (including phenoxy) is 2. The van der Waals surface area contributed by atoms with Gasteiger partial charge in [-0.15, -0.1) is 8.78 Å². The second-order valence-electron chi connectivity index (χ2n) is 8.98. The van der Waals surface area contributed by atoms with Crippen LogP contribution in [0, 0.1) is 11.8 Å². The van der Waals surface area contributed by atoms with Gasteiger partial charge in [-0.3, -0.25) is 9.69 Å². The molecule has 30 heavy (non-hydrogen) atoms. The minimum atomic E-state index is -3.75. The van der Waals surface area contributed by atoms with Gasteiger partial charge in [-0.2, -0.15) is 0 Å². The molecule has 7 nitrogen and oxygen atoms in total. The van der Waals surface area contributed by atoms with Crippen LogP contribution in [-0.4, -0.2) is 90.5 Å². The molecule has 4 atom stereocenters. The van der Waals surface area contributed by atoms with Crippen LogP contribution in [0.5, 0.6) is 11.5 Å². The number of halogens is 2. The Labute approximate surface area is 174 Å². The summed E-state index contributed by atoms with van der Waals surface area (Å²) in [4.78, 5) is 19.5. The number of carbonyl (C=O) groups is 1. The zero-order chi connectivity index (χ0) is 21.0. The summed E-state index contributed by atoms with van der Waals surface area (Å²) in [6.07, 6.45) is -2.64. The van der Waals surface area contributed by atoms with Crippen molar-refractivity contribution in [2.24, 2.45) is 11.8 Å². The van der Waals surface area contributed by atoms with Crippen molar-refractivity contribution in [3.63, 3.8) is 0 Å². The maximum atomic E-state index is 13.5. The molecule has 1 aromatic rings. The molecule has 0 aromatic heterocycles. The third kappa shape index (κ3) is 3.52. The van der Waals surface area contributed by atoms with Crippen LogP contribution >= 0.6 is 0 Å². The standard InChI is InChI=1S/C21H27F2N3O4/c1-24-5-7-25(8-6-24)16-9-13-11-26(12-14(13)10-17(16)27)20(28)15-3-2-4-18-19(15)30-21(22,23)29-18/h2-4,13-14,16-17,27H,5-12H2,1H3/t13-,14+,16-,17-/m1/s1. The highest BCUT2D eigenvalue weighted by Gasteiger charge is 2.48. The molecule has 3 heterocycles. The molecule has 2 saturated heterocycles. The van der Waals surface area contributed by atoms with E-state index in [2.05, 4.69) is 26.3 Å². The Hall–Kier alpha value is -1.97. The average molecular weight is 423 g/mol. The first-order valence-corrected chi connectivity index (χ1v) is 10.6. The van der Waals surface area contributed by atoms with Crippen LogP contribution < -0.4 is 9.47 Å². The summed E-state index contributed by atoms with van der Waals surface area (Å²) >= 11 is 0. The number of aliphatic hydroxyl groups excluding tert-OH is 1. The fourth-order valence-electron chi connectivity index (χ4n) is 5.43. The quantitative estimate of drug-likeness (QED) is 0.777. The van der Waals surface area contributed by atoms with Crippen LogP contribution in [0.4, 0.5) is 8.78 Å². The Morgan fingerprint density at radius 3 is 2.53 bits per heavy atom. The van der Waals surface area contributed by atoms with Gasteiger partial charge in [-0.25, -0.2) is 0 Å². The second kappa shape index (κ2) is 7.32. The monoisotopic (exact) mass is 423 g/mol.